The normalized spacial score (nSPS) is 10.5. The van der Waals surface area contributed by atoms with Gasteiger partial charge in [0.25, 0.3) is 0 Å². The fourth-order valence-corrected chi connectivity index (χ4v) is 1.82. The van der Waals surface area contributed by atoms with E-state index in [0.29, 0.717) is 18.9 Å². The first-order chi connectivity index (χ1) is 7.61. The molecule has 0 bridgehead atoms. The Hall–Kier alpha value is -0.830. The van der Waals surface area contributed by atoms with E-state index in [1.165, 1.54) is 5.56 Å². The van der Waals surface area contributed by atoms with Gasteiger partial charge in [-0.3, -0.25) is 4.79 Å². The second-order valence-corrected chi connectivity index (χ2v) is 4.89. The first-order valence-electron chi connectivity index (χ1n) is 5.52. The van der Waals surface area contributed by atoms with Crippen LogP contribution in [0.1, 0.15) is 31.4 Å². The minimum absolute atomic E-state index is 0.124. The van der Waals surface area contributed by atoms with Crippen LogP contribution in [-0.2, 0) is 16.7 Å². The van der Waals surface area contributed by atoms with Crippen molar-refractivity contribution in [3.8, 4) is 0 Å². The molecule has 1 rings (SSSR count). The standard InChI is InChI=1S/C13H18BrNO/c1-10(2)6-13(16)15-9-12-5-3-4-11(7-12)8-14/h3-5,7,10H,6,8-9H2,1-2H3,(H,15,16). The minimum atomic E-state index is 0.124. The molecule has 0 saturated carbocycles. The maximum absolute atomic E-state index is 11.5. The summed E-state index contributed by atoms with van der Waals surface area (Å²) < 4.78 is 0. The number of carbonyl (C=O) groups is 1. The number of carbonyl (C=O) groups excluding carboxylic acids is 1. The SMILES string of the molecule is CC(C)CC(=O)NCc1cccc(CBr)c1. The highest BCUT2D eigenvalue weighted by Gasteiger charge is 2.04. The molecular formula is C13H18BrNO. The highest BCUT2D eigenvalue weighted by Crippen LogP contribution is 2.08. The van der Waals surface area contributed by atoms with Gasteiger partial charge in [-0.2, -0.15) is 0 Å². The summed E-state index contributed by atoms with van der Waals surface area (Å²) in [5.41, 5.74) is 2.38. The van der Waals surface area contributed by atoms with E-state index in [1.54, 1.807) is 0 Å². The molecule has 1 aromatic rings. The average molecular weight is 284 g/mol. The molecule has 16 heavy (non-hydrogen) atoms. The van der Waals surface area contributed by atoms with E-state index in [0.717, 1.165) is 10.9 Å². The van der Waals surface area contributed by atoms with Gasteiger partial charge in [0, 0.05) is 18.3 Å². The van der Waals surface area contributed by atoms with E-state index >= 15 is 0 Å². The molecule has 0 aliphatic heterocycles. The van der Waals surface area contributed by atoms with Gasteiger partial charge >= 0.3 is 0 Å². The molecule has 0 atom stereocenters. The summed E-state index contributed by atoms with van der Waals surface area (Å²) in [5, 5.41) is 3.78. The first kappa shape index (κ1) is 13.2. The first-order valence-corrected chi connectivity index (χ1v) is 6.64. The largest absolute Gasteiger partial charge is 0.352 e. The lowest BCUT2D eigenvalue weighted by atomic mass is 10.1. The van der Waals surface area contributed by atoms with E-state index in [2.05, 4.69) is 33.4 Å². The van der Waals surface area contributed by atoms with Crippen LogP contribution in [0, 0.1) is 5.92 Å². The summed E-state index contributed by atoms with van der Waals surface area (Å²) in [6.07, 6.45) is 0.595. The van der Waals surface area contributed by atoms with Gasteiger partial charge in [0.05, 0.1) is 0 Å². The van der Waals surface area contributed by atoms with Crippen molar-refractivity contribution in [2.45, 2.75) is 32.1 Å². The van der Waals surface area contributed by atoms with Gasteiger partial charge < -0.3 is 5.32 Å². The zero-order valence-corrected chi connectivity index (χ0v) is 11.4. The highest BCUT2D eigenvalue weighted by atomic mass is 79.9. The summed E-state index contributed by atoms with van der Waals surface area (Å²) in [7, 11) is 0. The molecule has 0 aromatic heterocycles. The predicted octanol–water partition coefficient (Wildman–Crippen LogP) is 3.24. The van der Waals surface area contributed by atoms with E-state index in [1.807, 2.05) is 26.0 Å². The summed E-state index contributed by atoms with van der Waals surface area (Å²) in [4.78, 5) is 11.5. The van der Waals surface area contributed by atoms with Crippen molar-refractivity contribution in [1.29, 1.82) is 0 Å². The van der Waals surface area contributed by atoms with Crippen molar-refractivity contribution in [2.75, 3.05) is 0 Å². The third-order valence-corrected chi connectivity index (χ3v) is 2.88. The van der Waals surface area contributed by atoms with Gasteiger partial charge in [-0.05, 0) is 17.0 Å². The van der Waals surface area contributed by atoms with Crippen molar-refractivity contribution < 1.29 is 4.79 Å². The maximum Gasteiger partial charge on any atom is 0.220 e. The Morgan fingerprint density at radius 3 is 2.69 bits per heavy atom. The van der Waals surface area contributed by atoms with Gasteiger partial charge in [-0.25, -0.2) is 0 Å². The van der Waals surface area contributed by atoms with Crippen LogP contribution >= 0.6 is 15.9 Å². The summed E-state index contributed by atoms with van der Waals surface area (Å²) in [6, 6.07) is 8.21. The Labute approximate surface area is 106 Å². The van der Waals surface area contributed by atoms with Crippen LogP contribution in [0.15, 0.2) is 24.3 Å². The zero-order valence-electron chi connectivity index (χ0n) is 9.79. The molecule has 3 heteroatoms. The van der Waals surface area contributed by atoms with Gasteiger partial charge in [-0.15, -0.1) is 0 Å². The third kappa shape index (κ3) is 4.79. The van der Waals surface area contributed by atoms with Gasteiger partial charge in [0.1, 0.15) is 0 Å². The monoisotopic (exact) mass is 283 g/mol. The Balaban J connectivity index is 2.45. The van der Waals surface area contributed by atoms with Crippen molar-refractivity contribution in [3.05, 3.63) is 35.4 Å². The van der Waals surface area contributed by atoms with Crippen LogP contribution in [0.3, 0.4) is 0 Å². The zero-order chi connectivity index (χ0) is 12.0. The molecule has 0 aliphatic carbocycles. The predicted molar refractivity (Wildman–Crippen MR) is 70.4 cm³/mol. The Kier molecular flexibility index (Phi) is 5.53. The minimum Gasteiger partial charge on any atom is -0.352 e. The molecule has 1 aromatic carbocycles. The summed E-state index contributed by atoms with van der Waals surface area (Å²) in [5.74, 6) is 0.535. The lowest BCUT2D eigenvalue weighted by molar-refractivity contribution is -0.121. The second kappa shape index (κ2) is 6.69. The van der Waals surface area contributed by atoms with Crippen LogP contribution < -0.4 is 5.32 Å². The lowest BCUT2D eigenvalue weighted by Crippen LogP contribution is -2.23. The van der Waals surface area contributed by atoms with E-state index in [9.17, 15) is 4.79 Å². The van der Waals surface area contributed by atoms with Crippen LogP contribution in [0.5, 0.6) is 0 Å². The van der Waals surface area contributed by atoms with Crippen LogP contribution in [0.4, 0.5) is 0 Å². The number of hydrogen-bond acceptors (Lipinski definition) is 1. The van der Waals surface area contributed by atoms with Crippen molar-refractivity contribution in [3.63, 3.8) is 0 Å². The maximum atomic E-state index is 11.5. The number of hydrogen-bond donors (Lipinski definition) is 1. The summed E-state index contributed by atoms with van der Waals surface area (Å²) >= 11 is 3.42. The molecule has 0 unspecified atom stereocenters. The number of alkyl halides is 1. The Morgan fingerprint density at radius 2 is 2.06 bits per heavy atom. The third-order valence-electron chi connectivity index (χ3n) is 2.23. The molecule has 1 N–H and O–H groups in total. The quantitative estimate of drug-likeness (QED) is 0.826. The average Bonchev–Trinajstić information content (AvgIpc) is 2.26. The molecule has 0 heterocycles. The molecule has 0 saturated heterocycles. The molecule has 0 aliphatic rings. The Bertz CT molecular complexity index is 350. The molecule has 0 spiro atoms. The topological polar surface area (TPSA) is 29.1 Å². The Morgan fingerprint density at radius 1 is 1.38 bits per heavy atom. The fraction of sp³-hybridized carbons (Fsp3) is 0.462. The number of halogens is 1. The van der Waals surface area contributed by atoms with E-state index in [-0.39, 0.29) is 5.91 Å². The van der Waals surface area contributed by atoms with Crippen molar-refractivity contribution >= 4 is 21.8 Å². The number of rotatable bonds is 5. The van der Waals surface area contributed by atoms with Crippen LogP contribution in [0.25, 0.3) is 0 Å². The number of nitrogens with one attached hydrogen (secondary N) is 1. The molecule has 2 nitrogen and oxygen atoms in total. The molecule has 88 valence electrons. The fourth-order valence-electron chi connectivity index (χ4n) is 1.47. The van der Waals surface area contributed by atoms with E-state index in [4.69, 9.17) is 0 Å². The van der Waals surface area contributed by atoms with Gasteiger partial charge in [0.15, 0.2) is 0 Å². The van der Waals surface area contributed by atoms with Crippen LogP contribution in [0.2, 0.25) is 0 Å². The van der Waals surface area contributed by atoms with Gasteiger partial charge in [-0.1, -0.05) is 54.0 Å². The smallest absolute Gasteiger partial charge is 0.220 e. The molecule has 0 fully saturated rings. The summed E-state index contributed by atoms with van der Waals surface area (Å²) in [6.45, 7) is 4.71. The lowest BCUT2D eigenvalue weighted by Gasteiger charge is -2.07. The highest BCUT2D eigenvalue weighted by molar-refractivity contribution is 9.08. The number of amides is 1. The van der Waals surface area contributed by atoms with Crippen molar-refractivity contribution in [1.82, 2.24) is 5.32 Å². The second-order valence-electron chi connectivity index (χ2n) is 4.33. The van der Waals surface area contributed by atoms with Crippen LogP contribution in [-0.4, -0.2) is 5.91 Å². The molecular weight excluding hydrogens is 266 g/mol. The van der Waals surface area contributed by atoms with Crippen molar-refractivity contribution in [2.24, 2.45) is 5.92 Å². The number of benzene rings is 1. The van der Waals surface area contributed by atoms with E-state index < -0.39 is 0 Å². The molecule has 0 radical (unpaired) electrons. The van der Waals surface area contributed by atoms with Gasteiger partial charge in [0.2, 0.25) is 5.91 Å². The molecule has 1 amide bonds.